The Morgan fingerprint density at radius 1 is 1.37 bits per heavy atom. The number of nitrogens with zero attached hydrogens (tertiary/aromatic N) is 3. The average molecular weight is 415 g/mol. The molecule has 0 saturated carbocycles. The molecule has 0 bridgehead atoms. The topological polar surface area (TPSA) is 163 Å². The number of esters is 1. The number of anilines is 2. The number of aryl methyl sites for hydroxylation is 1. The maximum atomic E-state index is 12.5. The van der Waals surface area contributed by atoms with Crippen LogP contribution in [0.5, 0.6) is 0 Å². The van der Waals surface area contributed by atoms with E-state index >= 15 is 0 Å². The summed E-state index contributed by atoms with van der Waals surface area (Å²) in [7, 11) is 1.40. The second-order valence-electron chi connectivity index (χ2n) is 6.66. The van der Waals surface area contributed by atoms with E-state index < -0.39 is 39.5 Å². The summed E-state index contributed by atoms with van der Waals surface area (Å²) in [4.78, 5) is 63.1. The fraction of sp³-hybridized carbons (Fsp3) is 0.278. The zero-order chi connectivity index (χ0) is 22.2. The largest absolute Gasteiger partial charge is 0.465 e. The van der Waals surface area contributed by atoms with Crippen LogP contribution < -0.4 is 16.3 Å². The first-order chi connectivity index (χ1) is 14.1. The lowest BCUT2D eigenvalue weighted by Gasteiger charge is -2.19. The van der Waals surface area contributed by atoms with Gasteiger partial charge in [-0.1, -0.05) is 0 Å². The predicted molar refractivity (Wildman–Crippen MR) is 103 cm³/mol. The molecule has 1 atom stereocenters. The smallest absolute Gasteiger partial charge is 0.347 e. The number of nitro groups is 1. The minimum absolute atomic E-state index is 0.00714. The van der Waals surface area contributed by atoms with Crippen molar-refractivity contribution in [3.8, 4) is 0 Å². The molecule has 0 radical (unpaired) electrons. The molecule has 2 aromatic rings. The molecule has 2 N–H and O–H groups in total. The number of nitrogens with one attached hydrogen (secondary N) is 2. The van der Waals surface area contributed by atoms with Gasteiger partial charge >= 0.3 is 11.7 Å². The summed E-state index contributed by atoms with van der Waals surface area (Å²) in [5.74, 6) is -2.29. The summed E-state index contributed by atoms with van der Waals surface area (Å²) >= 11 is 0. The quantitative estimate of drug-likeness (QED) is 0.312. The Morgan fingerprint density at radius 3 is 2.67 bits per heavy atom. The van der Waals surface area contributed by atoms with Crippen molar-refractivity contribution in [1.82, 2.24) is 9.55 Å². The lowest BCUT2D eigenvalue weighted by molar-refractivity contribution is -0.384. The number of benzene rings is 1. The van der Waals surface area contributed by atoms with Crippen LogP contribution >= 0.6 is 0 Å². The minimum atomic E-state index is -1.76. The van der Waals surface area contributed by atoms with Crippen molar-refractivity contribution in [3.63, 3.8) is 0 Å². The van der Waals surface area contributed by atoms with Gasteiger partial charge in [0.25, 0.3) is 11.6 Å². The third-order valence-corrected chi connectivity index (χ3v) is 4.72. The Bertz CT molecular complexity index is 1160. The Kier molecular flexibility index (Phi) is 5.08. The molecule has 2 amide bonds. The summed E-state index contributed by atoms with van der Waals surface area (Å²) in [6.45, 7) is 2.91. The van der Waals surface area contributed by atoms with E-state index in [4.69, 9.17) is 4.74 Å². The van der Waals surface area contributed by atoms with Crippen molar-refractivity contribution in [3.05, 3.63) is 56.3 Å². The third kappa shape index (κ3) is 3.27. The Morgan fingerprint density at radius 2 is 2.07 bits per heavy atom. The number of hydrogen-bond donors (Lipinski definition) is 2. The minimum Gasteiger partial charge on any atom is -0.465 e. The Balaban J connectivity index is 2.05. The van der Waals surface area contributed by atoms with Gasteiger partial charge in [-0.3, -0.25) is 24.5 Å². The van der Waals surface area contributed by atoms with Crippen LogP contribution in [0.1, 0.15) is 29.8 Å². The molecule has 30 heavy (non-hydrogen) atoms. The van der Waals surface area contributed by atoms with Crippen LogP contribution in [0.4, 0.5) is 17.1 Å². The molecule has 0 fully saturated rings. The molecule has 0 saturated heterocycles. The Hall–Kier alpha value is -4.09. The summed E-state index contributed by atoms with van der Waals surface area (Å²) in [6.07, 6.45) is 2.26. The van der Waals surface area contributed by atoms with Gasteiger partial charge in [0.15, 0.2) is 5.41 Å². The molecular formula is C18H17N5O7. The first-order valence-corrected chi connectivity index (χ1v) is 8.75. The van der Waals surface area contributed by atoms with Crippen LogP contribution in [0.3, 0.4) is 0 Å². The highest BCUT2D eigenvalue weighted by atomic mass is 16.6. The van der Waals surface area contributed by atoms with Crippen molar-refractivity contribution in [2.45, 2.75) is 19.3 Å². The lowest BCUT2D eigenvalue weighted by Crippen LogP contribution is -2.40. The van der Waals surface area contributed by atoms with Crippen LogP contribution in [0, 0.1) is 10.1 Å². The summed E-state index contributed by atoms with van der Waals surface area (Å²) in [6, 6.07) is 2.25. The van der Waals surface area contributed by atoms with Crippen molar-refractivity contribution < 1.29 is 24.0 Å². The molecule has 1 aromatic heterocycles. The zero-order valence-corrected chi connectivity index (χ0v) is 16.2. The molecule has 3 rings (SSSR count). The second kappa shape index (κ2) is 7.39. The van der Waals surface area contributed by atoms with Gasteiger partial charge in [-0.05, 0) is 19.9 Å². The fourth-order valence-electron chi connectivity index (χ4n) is 3.03. The molecule has 0 aliphatic carbocycles. The number of aromatic nitrogens is 2. The third-order valence-electron chi connectivity index (χ3n) is 4.72. The number of fused-ring (bicyclic) bond motifs is 1. The number of nitro benzene ring substituents is 1. The lowest BCUT2D eigenvalue weighted by atomic mass is 9.83. The van der Waals surface area contributed by atoms with E-state index in [9.17, 15) is 29.3 Å². The molecule has 1 unspecified atom stereocenters. The molecule has 0 spiro atoms. The van der Waals surface area contributed by atoms with Gasteiger partial charge in [-0.25, -0.2) is 9.78 Å². The molecule has 2 heterocycles. The number of carbonyl (C=O) groups is 3. The van der Waals surface area contributed by atoms with Gasteiger partial charge in [-0.2, -0.15) is 0 Å². The monoisotopic (exact) mass is 415 g/mol. The summed E-state index contributed by atoms with van der Waals surface area (Å²) in [5.41, 5.74) is -2.86. The van der Waals surface area contributed by atoms with Crippen LogP contribution in [-0.2, 0) is 26.8 Å². The molecule has 12 heteroatoms. The van der Waals surface area contributed by atoms with E-state index in [-0.39, 0.29) is 29.1 Å². The molecule has 12 nitrogen and oxygen atoms in total. The van der Waals surface area contributed by atoms with Gasteiger partial charge in [0.2, 0.25) is 5.91 Å². The van der Waals surface area contributed by atoms with Crippen LogP contribution in [0.25, 0.3) is 0 Å². The summed E-state index contributed by atoms with van der Waals surface area (Å²) in [5, 5.41) is 16.5. The second-order valence-corrected chi connectivity index (χ2v) is 6.66. The molecule has 1 aromatic carbocycles. The van der Waals surface area contributed by atoms with Crippen molar-refractivity contribution in [1.29, 1.82) is 0 Å². The number of ether oxygens (including phenoxy) is 1. The van der Waals surface area contributed by atoms with E-state index in [1.54, 1.807) is 6.92 Å². The van der Waals surface area contributed by atoms with Gasteiger partial charge in [0.1, 0.15) is 5.69 Å². The van der Waals surface area contributed by atoms with Crippen LogP contribution in [0.15, 0.2) is 29.3 Å². The number of amides is 2. The van der Waals surface area contributed by atoms with Gasteiger partial charge in [0.05, 0.1) is 17.1 Å². The predicted octanol–water partition coefficient (Wildman–Crippen LogP) is 0.714. The first kappa shape index (κ1) is 20.6. The van der Waals surface area contributed by atoms with E-state index in [1.807, 2.05) is 0 Å². The van der Waals surface area contributed by atoms with Gasteiger partial charge in [-0.15, -0.1) is 0 Å². The van der Waals surface area contributed by atoms with E-state index in [2.05, 4.69) is 15.6 Å². The molecule has 1 aliphatic rings. The van der Waals surface area contributed by atoms with Crippen molar-refractivity contribution >= 4 is 34.8 Å². The first-order valence-electron chi connectivity index (χ1n) is 8.75. The maximum Gasteiger partial charge on any atom is 0.347 e. The van der Waals surface area contributed by atoms with E-state index in [1.165, 1.54) is 26.2 Å². The summed E-state index contributed by atoms with van der Waals surface area (Å²) < 4.78 is 6.04. The molecular weight excluding hydrogens is 398 g/mol. The maximum absolute atomic E-state index is 12.5. The highest BCUT2D eigenvalue weighted by Crippen LogP contribution is 2.43. The molecule has 1 aliphatic heterocycles. The highest BCUT2D eigenvalue weighted by molar-refractivity contribution is 6.19. The number of hydrogen-bond acceptors (Lipinski definition) is 8. The number of rotatable bonds is 5. The standard InChI is InChI=1S/C18H17N5O7/c1-4-30-16(26)18(2)10-5-13(23(28)29)12(6-11(10)21-15(18)25)20-14(24)9-7-19-17(27)22(3)8-9/h5-8H,4H2,1-3H3,(H,20,24)(H,21,25). The number of carbonyl (C=O) groups excluding carboxylic acids is 3. The average Bonchev–Trinajstić information content (AvgIpc) is 2.94. The Labute approximate surface area is 169 Å². The SMILES string of the molecule is CCOC(=O)C1(C)C(=O)Nc2cc(NC(=O)c3cnc(=O)n(C)c3)c([N+](=O)[O-])cc21. The van der Waals surface area contributed by atoms with Gasteiger partial charge < -0.3 is 19.9 Å². The van der Waals surface area contributed by atoms with Crippen molar-refractivity contribution in [2.24, 2.45) is 7.05 Å². The van der Waals surface area contributed by atoms with Gasteiger partial charge in [0, 0.05) is 36.8 Å². The van der Waals surface area contributed by atoms with Crippen molar-refractivity contribution in [2.75, 3.05) is 17.2 Å². The van der Waals surface area contributed by atoms with E-state index in [0.717, 1.165) is 16.8 Å². The van der Waals surface area contributed by atoms with Crippen LogP contribution in [-0.4, -0.2) is 38.9 Å². The highest BCUT2D eigenvalue weighted by Gasteiger charge is 2.51. The normalized spacial score (nSPS) is 17.1. The van der Waals surface area contributed by atoms with Crippen LogP contribution in [0.2, 0.25) is 0 Å². The molecule has 156 valence electrons. The fourth-order valence-corrected chi connectivity index (χ4v) is 3.03. The zero-order valence-electron chi connectivity index (χ0n) is 16.2. The van der Waals surface area contributed by atoms with E-state index in [0.29, 0.717) is 0 Å².